The highest BCUT2D eigenvalue weighted by molar-refractivity contribution is 5.20. The van der Waals surface area contributed by atoms with E-state index in [0.29, 0.717) is 6.42 Å². The van der Waals surface area contributed by atoms with Gasteiger partial charge in [-0.25, -0.2) is 0 Å². The van der Waals surface area contributed by atoms with Crippen LogP contribution in [0, 0.1) is 0 Å². The second-order valence-electron chi connectivity index (χ2n) is 3.00. The minimum absolute atomic E-state index is 0.119. The average molecular weight is 208 g/mol. The van der Waals surface area contributed by atoms with Gasteiger partial charge in [-0.1, -0.05) is 0 Å². The van der Waals surface area contributed by atoms with Gasteiger partial charge in [-0.15, -0.1) is 0 Å². The molecule has 0 aliphatic rings. The lowest BCUT2D eigenvalue weighted by Gasteiger charge is -2.04. The Morgan fingerprint density at radius 1 is 1.50 bits per heavy atom. The van der Waals surface area contributed by atoms with E-state index in [4.69, 9.17) is 5.11 Å². The fraction of sp³-hybridized carbons (Fsp3) is 0.625. The fourth-order valence-electron chi connectivity index (χ4n) is 1.23. The Kier molecular flexibility index (Phi) is 3.15. The van der Waals surface area contributed by atoms with Crippen LogP contribution in [0.4, 0.5) is 13.2 Å². The van der Waals surface area contributed by atoms with Crippen molar-refractivity contribution in [1.29, 1.82) is 0 Å². The van der Waals surface area contributed by atoms with Crippen molar-refractivity contribution in [2.45, 2.75) is 19.0 Å². The molecule has 0 aromatic carbocycles. The molecule has 0 saturated carbocycles. The van der Waals surface area contributed by atoms with E-state index in [1.807, 2.05) is 0 Å². The molecule has 0 aliphatic carbocycles. The maximum Gasteiger partial charge on any atom is 0.435 e. The van der Waals surface area contributed by atoms with E-state index in [-0.39, 0.29) is 18.6 Å². The van der Waals surface area contributed by atoms with Gasteiger partial charge in [0.2, 0.25) is 0 Å². The molecule has 14 heavy (non-hydrogen) atoms. The molecule has 0 unspecified atom stereocenters. The summed E-state index contributed by atoms with van der Waals surface area (Å²) in [6.07, 6.45) is -2.57. The molecule has 0 bridgehead atoms. The molecule has 6 heteroatoms. The summed E-state index contributed by atoms with van der Waals surface area (Å²) in [4.78, 5) is 0. The number of rotatable bonds is 3. The van der Waals surface area contributed by atoms with Gasteiger partial charge in [0, 0.05) is 25.4 Å². The van der Waals surface area contributed by atoms with E-state index in [0.717, 1.165) is 4.68 Å². The first-order chi connectivity index (χ1) is 6.45. The van der Waals surface area contributed by atoms with Crippen LogP contribution in [0.25, 0.3) is 0 Å². The summed E-state index contributed by atoms with van der Waals surface area (Å²) in [5.74, 6) is 0. The maximum absolute atomic E-state index is 12.4. The van der Waals surface area contributed by atoms with E-state index in [9.17, 15) is 13.2 Å². The Bertz CT molecular complexity index is 306. The van der Waals surface area contributed by atoms with Crippen LogP contribution in [0.15, 0.2) is 6.20 Å². The summed E-state index contributed by atoms with van der Waals surface area (Å²) in [6, 6.07) is 0. The highest BCUT2D eigenvalue weighted by Gasteiger charge is 2.36. The predicted octanol–water partition coefficient (Wildman–Crippen LogP) is 1.36. The number of hydrogen-bond donors (Lipinski definition) is 1. The SMILES string of the molecule is Cn1cc(CCCO)c(C(F)(F)F)n1. The lowest BCUT2D eigenvalue weighted by Crippen LogP contribution is -2.09. The van der Waals surface area contributed by atoms with E-state index < -0.39 is 11.9 Å². The van der Waals surface area contributed by atoms with Gasteiger partial charge in [0.05, 0.1) is 0 Å². The van der Waals surface area contributed by atoms with Crippen molar-refractivity contribution in [2.75, 3.05) is 6.61 Å². The zero-order valence-corrected chi connectivity index (χ0v) is 7.67. The number of hydrogen-bond acceptors (Lipinski definition) is 2. The van der Waals surface area contributed by atoms with Crippen LogP contribution >= 0.6 is 0 Å². The second-order valence-corrected chi connectivity index (χ2v) is 3.00. The highest BCUT2D eigenvalue weighted by Crippen LogP contribution is 2.30. The molecule has 0 radical (unpaired) electrons. The molecule has 1 N–H and O–H groups in total. The molecule has 1 aromatic heterocycles. The van der Waals surface area contributed by atoms with Crippen molar-refractivity contribution in [3.05, 3.63) is 17.5 Å². The molecule has 1 aromatic rings. The van der Waals surface area contributed by atoms with Gasteiger partial charge in [0.25, 0.3) is 0 Å². The van der Waals surface area contributed by atoms with Crippen LogP contribution in [-0.2, 0) is 19.6 Å². The molecule has 0 spiro atoms. The van der Waals surface area contributed by atoms with Gasteiger partial charge >= 0.3 is 6.18 Å². The topological polar surface area (TPSA) is 38.0 Å². The number of alkyl halides is 3. The first-order valence-corrected chi connectivity index (χ1v) is 4.15. The van der Waals surface area contributed by atoms with Crippen LogP contribution in [0.1, 0.15) is 17.7 Å². The third-order valence-electron chi connectivity index (χ3n) is 1.78. The van der Waals surface area contributed by atoms with Gasteiger partial charge < -0.3 is 5.11 Å². The summed E-state index contributed by atoms with van der Waals surface area (Å²) in [5, 5.41) is 11.9. The minimum Gasteiger partial charge on any atom is -0.396 e. The van der Waals surface area contributed by atoms with E-state index >= 15 is 0 Å². The van der Waals surface area contributed by atoms with E-state index in [1.54, 1.807) is 0 Å². The Labute approximate surface area is 79.2 Å². The zero-order chi connectivity index (χ0) is 10.8. The Morgan fingerprint density at radius 3 is 2.64 bits per heavy atom. The molecular formula is C8H11F3N2O. The molecule has 1 rings (SSSR count). The molecule has 0 aliphatic heterocycles. The first kappa shape index (κ1) is 11.0. The predicted molar refractivity (Wildman–Crippen MR) is 43.6 cm³/mol. The largest absolute Gasteiger partial charge is 0.435 e. The Balaban J connectivity index is 2.91. The zero-order valence-electron chi connectivity index (χ0n) is 7.67. The smallest absolute Gasteiger partial charge is 0.396 e. The molecular weight excluding hydrogens is 197 g/mol. The normalized spacial score (nSPS) is 12.1. The van der Waals surface area contributed by atoms with Crippen LogP contribution in [0.2, 0.25) is 0 Å². The van der Waals surface area contributed by atoms with Crippen molar-refractivity contribution < 1.29 is 18.3 Å². The summed E-state index contributed by atoms with van der Waals surface area (Å²) in [6.45, 7) is -0.119. The van der Waals surface area contributed by atoms with Gasteiger partial charge in [-0.3, -0.25) is 4.68 Å². The summed E-state index contributed by atoms with van der Waals surface area (Å²) in [7, 11) is 1.44. The number of nitrogens with zero attached hydrogens (tertiary/aromatic N) is 2. The monoisotopic (exact) mass is 208 g/mol. The van der Waals surface area contributed by atoms with Crippen LogP contribution in [0.5, 0.6) is 0 Å². The molecule has 3 nitrogen and oxygen atoms in total. The van der Waals surface area contributed by atoms with Gasteiger partial charge in [-0.2, -0.15) is 18.3 Å². The van der Waals surface area contributed by atoms with Crippen molar-refractivity contribution in [2.24, 2.45) is 7.05 Å². The Morgan fingerprint density at radius 2 is 2.14 bits per heavy atom. The number of aromatic nitrogens is 2. The van der Waals surface area contributed by atoms with Crippen molar-refractivity contribution >= 4 is 0 Å². The lowest BCUT2D eigenvalue weighted by molar-refractivity contribution is -0.142. The van der Waals surface area contributed by atoms with Gasteiger partial charge in [0.15, 0.2) is 5.69 Å². The third kappa shape index (κ3) is 2.47. The van der Waals surface area contributed by atoms with Gasteiger partial charge in [-0.05, 0) is 12.8 Å². The molecule has 0 saturated heterocycles. The van der Waals surface area contributed by atoms with E-state index in [2.05, 4.69) is 5.10 Å². The molecule has 0 atom stereocenters. The summed E-state index contributed by atoms with van der Waals surface area (Å²) in [5.41, 5.74) is -0.720. The second kappa shape index (κ2) is 4.00. The van der Waals surface area contributed by atoms with Crippen LogP contribution < -0.4 is 0 Å². The lowest BCUT2D eigenvalue weighted by atomic mass is 10.1. The van der Waals surface area contributed by atoms with Crippen LogP contribution in [-0.4, -0.2) is 21.5 Å². The number of halogens is 3. The van der Waals surface area contributed by atoms with Gasteiger partial charge in [0.1, 0.15) is 0 Å². The highest BCUT2D eigenvalue weighted by atomic mass is 19.4. The Hall–Kier alpha value is -1.04. The van der Waals surface area contributed by atoms with Crippen molar-refractivity contribution in [3.8, 4) is 0 Å². The summed E-state index contributed by atoms with van der Waals surface area (Å²) < 4.78 is 38.2. The summed E-state index contributed by atoms with van der Waals surface area (Å²) >= 11 is 0. The van der Waals surface area contributed by atoms with Crippen molar-refractivity contribution in [3.63, 3.8) is 0 Å². The molecule has 0 amide bonds. The average Bonchev–Trinajstić information content (AvgIpc) is 2.42. The fourth-order valence-corrected chi connectivity index (χ4v) is 1.23. The van der Waals surface area contributed by atoms with Crippen molar-refractivity contribution in [1.82, 2.24) is 9.78 Å². The maximum atomic E-state index is 12.4. The molecule has 80 valence electrons. The first-order valence-electron chi connectivity index (χ1n) is 4.15. The molecule has 0 fully saturated rings. The minimum atomic E-state index is -4.41. The quantitative estimate of drug-likeness (QED) is 0.814. The number of aliphatic hydroxyl groups excluding tert-OH is 1. The third-order valence-corrected chi connectivity index (χ3v) is 1.78. The number of aryl methyl sites for hydroxylation is 2. The number of aliphatic hydroxyl groups is 1. The van der Waals surface area contributed by atoms with Crippen LogP contribution in [0.3, 0.4) is 0 Å². The molecule has 1 heterocycles. The standard InChI is InChI=1S/C8H11F3N2O/c1-13-5-6(3-2-4-14)7(12-13)8(9,10)11/h5,14H,2-4H2,1H3. The van der Waals surface area contributed by atoms with E-state index in [1.165, 1.54) is 13.2 Å².